The topological polar surface area (TPSA) is 143 Å². The summed E-state index contributed by atoms with van der Waals surface area (Å²) in [4.78, 5) is 15.4. The lowest BCUT2D eigenvalue weighted by Gasteiger charge is -2.12. The van der Waals surface area contributed by atoms with Crippen molar-refractivity contribution in [3.05, 3.63) is 47.5 Å². The molecule has 0 radical (unpaired) electrons. The SMILES string of the molecule is O=C(CCc1cc2c(cc1CNS(=O)(=O)c1ccc(OO)cc1)OCO2)NO. The van der Waals surface area contributed by atoms with Crippen LogP contribution in [0, 0.1) is 0 Å². The summed E-state index contributed by atoms with van der Waals surface area (Å²) in [6, 6.07) is 8.55. The molecule has 28 heavy (non-hydrogen) atoms. The molecule has 0 spiro atoms. The van der Waals surface area contributed by atoms with E-state index in [2.05, 4.69) is 9.61 Å². The molecule has 1 heterocycles. The van der Waals surface area contributed by atoms with Gasteiger partial charge in [0.2, 0.25) is 22.7 Å². The fourth-order valence-corrected chi connectivity index (χ4v) is 3.67. The van der Waals surface area contributed by atoms with Gasteiger partial charge in [-0.25, -0.2) is 23.9 Å². The lowest BCUT2D eigenvalue weighted by molar-refractivity contribution is -0.137. The maximum atomic E-state index is 12.5. The zero-order valence-electron chi connectivity index (χ0n) is 14.5. The summed E-state index contributed by atoms with van der Waals surface area (Å²) >= 11 is 0. The summed E-state index contributed by atoms with van der Waals surface area (Å²) in [5.74, 6) is 0.536. The van der Waals surface area contributed by atoms with E-state index >= 15 is 0 Å². The third-order valence-corrected chi connectivity index (χ3v) is 5.55. The Morgan fingerprint density at radius 1 is 1.11 bits per heavy atom. The van der Waals surface area contributed by atoms with Gasteiger partial charge in [0.25, 0.3) is 0 Å². The zero-order chi connectivity index (χ0) is 20.1. The minimum absolute atomic E-state index is 0.00440. The highest BCUT2D eigenvalue weighted by molar-refractivity contribution is 7.89. The molecule has 11 heteroatoms. The second kappa shape index (κ2) is 8.44. The number of nitrogens with one attached hydrogen (secondary N) is 2. The molecule has 0 aliphatic carbocycles. The van der Waals surface area contributed by atoms with Crippen LogP contribution in [0.15, 0.2) is 41.3 Å². The molecule has 2 aromatic carbocycles. The van der Waals surface area contributed by atoms with Gasteiger partial charge in [-0.3, -0.25) is 10.0 Å². The number of hydrogen-bond acceptors (Lipinski definition) is 8. The van der Waals surface area contributed by atoms with Crippen molar-refractivity contribution in [2.24, 2.45) is 0 Å². The molecule has 2 aromatic rings. The standard InChI is InChI=1S/C17H18N2O8S/c20-17(19-21)6-1-11-7-15-16(26-10-25-15)8-12(11)9-18-28(23,24)14-4-2-13(27-22)3-5-14/h2-5,7-8,18,21-22H,1,6,9-10H2,(H,19,20). The molecule has 0 saturated carbocycles. The van der Waals surface area contributed by atoms with E-state index < -0.39 is 15.9 Å². The first-order valence-electron chi connectivity index (χ1n) is 8.18. The number of carbonyl (C=O) groups excluding carboxylic acids is 1. The summed E-state index contributed by atoms with van der Waals surface area (Å²) < 4.78 is 38.1. The van der Waals surface area contributed by atoms with Gasteiger partial charge in [0.1, 0.15) is 0 Å². The Hall–Kier alpha value is -2.86. The lowest BCUT2D eigenvalue weighted by atomic mass is 10.0. The molecule has 0 fully saturated rings. The van der Waals surface area contributed by atoms with Gasteiger partial charge < -0.3 is 14.4 Å². The molecule has 0 atom stereocenters. The number of fused-ring (bicyclic) bond motifs is 1. The third-order valence-electron chi connectivity index (χ3n) is 4.13. The molecule has 0 bridgehead atoms. The molecule has 1 aliphatic rings. The summed E-state index contributed by atoms with van der Waals surface area (Å²) in [6.07, 6.45) is 0.279. The fourth-order valence-electron chi connectivity index (χ4n) is 2.66. The van der Waals surface area contributed by atoms with Crippen molar-refractivity contribution in [2.75, 3.05) is 6.79 Å². The number of benzene rings is 2. The van der Waals surface area contributed by atoms with Gasteiger partial charge >= 0.3 is 0 Å². The van der Waals surface area contributed by atoms with Gasteiger partial charge in [0.15, 0.2) is 17.2 Å². The average molecular weight is 410 g/mol. The van der Waals surface area contributed by atoms with Crippen molar-refractivity contribution in [1.29, 1.82) is 0 Å². The van der Waals surface area contributed by atoms with Crippen LogP contribution in [0.2, 0.25) is 0 Å². The van der Waals surface area contributed by atoms with Crippen LogP contribution in [0.1, 0.15) is 17.5 Å². The second-order valence-corrected chi connectivity index (χ2v) is 7.66. The number of hydrogen-bond donors (Lipinski definition) is 4. The van der Waals surface area contributed by atoms with E-state index in [-0.39, 0.29) is 36.8 Å². The average Bonchev–Trinajstić information content (AvgIpc) is 3.17. The highest BCUT2D eigenvalue weighted by atomic mass is 32.2. The summed E-state index contributed by atoms with van der Waals surface area (Å²) in [5.41, 5.74) is 2.85. The molecule has 10 nitrogen and oxygen atoms in total. The second-order valence-electron chi connectivity index (χ2n) is 5.90. The lowest BCUT2D eigenvalue weighted by Crippen LogP contribution is -2.24. The van der Waals surface area contributed by atoms with E-state index in [1.165, 1.54) is 24.3 Å². The van der Waals surface area contributed by atoms with Crippen molar-refractivity contribution in [2.45, 2.75) is 24.3 Å². The molecule has 0 saturated heterocycles. The van der Waals surface area contributed by atoms with Gasteiger partial charge in [-0.1, -0.05) is 0 Å². The van der Waals surface area contributed by atoms with Crippen LogP contribution in [0.5, 0.6) is 17.2 Å². The zero-order valence-corrected chi connectivity index (χ0v) is 15.4. The normalized spacial score (nSPS) is 12.6. The predicted molar refractivity (Wildman–Crippen MR) is 94.5 cm³/mol. The number of aryl methyl sites for hydroxylation is 1. The molecule has 1 aliphatic heterocycles. The van der Waals surface area contributed by atoms with Crippen LogP contribution < -0.4 is 24.6 Å². The number of amides is 1. The van der Waals surface area contributed by atoms with Crippen LogP contribution in [0.25, 0.3) is 0 Å². The smallest absolute Gasteiger partial charge is 0.243 e. The van der Waals surface area contributed by atoms with Gasteiger partial charge in [-0.05, 0) is 53.9 Å². The Morgan fingerprint density at radius 2 is 1.75 bits per heavy atom. The molecule has 3 rings (SSSR count). The van der Waals surface area contributed by atoms with Crippen molar-refractivity contribution < 1.29 is 38.0 Å². The Bertz CT molecular complexity index is 960. The predicted octanol–water partition coefficient (Wildman–Crippen LogP) is 1.18. The first-order chi connectivity index (χ1) is 13.4. The molecule has 1 amide bonds. The van der Waals surface area contributed by atoms with Crippen LogP contribution in [0.3, 0.4) is 0 Å². The first-order valence-corrected chi connectivity index (χ1v) is 9.67. The number of hydroxylamine groups is 1. The van der Waals surface area contributed by atoms with Crippen LogP contribution in [0.4, 0.5) is 0 Å². The van der Waals surface area contributed by atoms with Crippen molar-refractivity contribution in [1.82, 2.24) is 10.2 Å². The van der Waals surface area contributed by atoms with Gasteiger partial charge in [0, 0.05) is 13.0 Å². The van der Waals surface area contributed by atoms with E-state index in [0.29, 0.717) is 22.6 Å². The van der Waals surface area contributed by atoms with E-state index in [0.717, 1.165) is 0 Å². The van der Waals surface area contributed by atoms with E-state index in [1.807, 2.05) is 0 Å². The summed E-state index contributed by atoms with van der Waals surface area (Å²) in [5, 5.41) is 17.2. The third kappa shape index (κ3) is 4.51. The van der Waals surface area contributed by atoms with Crippen molar-refractivity contribution >= 4 is 15.9 Å². The highest BCUT2D eigenvalue weighted by Gasteiger charge is 2.20. The molecule has 0 aromatic heterocycles. The number of ether oxygens (including phenoxy) is 2. The Kier molecular flexibility index (Phi) is 5.99. The van der Waals surface area contributed by atoms with Crippen molar-refractivity contribution in [3.8, 4) is 17.2 Å². The summed E-state index contributed by atoms with van der Waals surface area (Å²) in [7, 11) is -3.83. The monoisotopic (exact) mass is 410 g/mol. The largest absolute Gasteiger partial charge is 0.454 e. The number of rotatable bonds is 8. The van der Waals surface area contributed by atoms with Crippen LogP contribution >= 0.6 is 0 Å². The number of carbonyl (C=O) groups is 1. The van der Waals surface area contributed by atoms with Gasteiger partial charge in [-0.2, -0.15) is 0 Å². The number of sulfonamides is 1. The maximum Gasteiger partial charge on any atom is 0.243 e. The van der Waals surface area contributed by atoms with E-state index in [1.54, 1.807) is 17.6 Å². The van der Waals surface area contributed by atoms with Gasteiger partial charge in [0.05, 0.1) is 4.90 Å². The fraction of sp³-hybridized carbons (Fsp3) is 0.235. The van der Waals surface area contributed by atoms with Crippen molar-refractivity contribution in [3.63, 3.8) is 0 Å². The van der Waals surface area contributed by atoms with E-state index in [4.69, 9.17) is 19.9 Å². The minimum Gasteiger partial charge on any atom is -0.454 e. The van der Waals surface area contributed by atoms with Gasteiger partial charge in [-0.15, -0.1) is 0 Å². The molecular weight excluding hydrogens is 392 g/mol. The highest BCUT2D eigenvalue weighted by Crippen LogP contribution is 2.35. The van der Waals surface area contributed by atoms with Crippen LogP contribution in [-0.4, -0.2) is 31.6 Å². The molecule has 0 unspecified atom stereocenters. The Morgan fingerprint density at radius 3 is 2.36 bits per heavy atom. The molecule has 4 N–H and O–H groups in total. The Balaban J connectivity index is 1.79. The van der Waals surface area contributed by atoms with Crippen LogP contribution in [-0.2, 0) is 27.8 Å². The Labute approximate surface area is 160 Å². The first kappa shape index (κ1) is 19.9. The molecular formula is C17H18N2O8S. The maximum absolute atomic E-state index is 12.5. The van der Waals surface area contributed by atoms with E-state index in [9.17, 15) is 13.2 Å². The minimum atomic E-state index is -3.83. The molecule has 150 valence electrons. The summed E-state index contributed by atoms with van der Waals surface area (Å²) in [6.45, 7) is 0.00760. The quantitative estimate of drug-likeness (QED) is 0.289.